The number of para-hydroxylation sites is 1. The molecule has 0 unspecified atom stereocenters. The van der Waals surface area contributed by atoms with Crippen molar-refractivity contribution in [3.63, 3.8) is 0 Å². The minimum atomic E-state index is -3.84. The van der Waals surface area contributed by atoms with Crippen LogP contribution in [0.4, 0.5) is 11.4 Å². The highest BCUT2D eigenvalue weighted by molar-refractivity contribution is 7.89. The van der Waals surface area contributed by atoms with Crippen LogP contribution in [0, 0.1) is 12.8 Å². The second-order valence-corrected chi connectivity index (χ2v) is 11.1. The molecule has 0 radical (unpaired) electrons. The molecule has 1 N–H and O–H groups in total. The molecule has 2 amide bonds. The predicted molar refractivity (Wildman–Crippen MR) is 128 cm³/mol. The van der Waals surface area contributed by atoms with Gasteiger partial charge in [0, 0.05) is 31.4 Å². The summed E-state index contributed by atoms with van der Waals surface area (Å²) in [6.45, 7) is 4.71. The van der Waals surface area contributed by atoms with Gasteiger partial charge in [-0.2, -0.15) is 4.31 Å². The monoisotopic (exact) mass is 483 g/mol. The highest BCUT2D eigenvalue weighted by Crippen LogP contribution is 2.37. The number of rotatable bonds is 4. The number of carbonyl (C=O) groups excluding carboxylic acids is 2. The number of carbonyl (C=O) groups is 2. The van der Waals surface area contributed by atoms with E-state index in [1.807, 2.05) is 36.1 Å². The van der Waals surface area contributed by atoms with Gasteiger partial charge in [0.05, 0.1) is 16.5 Å². The highest BCUT2D eigenvalue weighted by Gasteiger charge is 2.38. The van der Waals surface area contributed by atoms with E-state index in [1.165, 1.54) is 10.4 Å². The van der Waals surface area contributed by atoms with E-state index >= 15 is 0 Å². The van der Waals surface area contributed by atoms with Gasteiger partial charge in [-0.1, -0.05) is 25.1 Å². The van der Waals surface area contributed by atoms with Crippen molar-refractivity contribution >= 4 is 33.2 Å². The fourth-order valence-corrected chi connectivity index (χ4v) is 6.87. The molecule has 0 aliphatic carbocycles. The highest BCUT2D eigenvalue weighted by atomic mass is 32.2. The lowest BCUT2D eigenvalue weighted by Crippen LogP contribution is -2.46. The van der Waals surface area contributed by atoms with Crippen LogP contribution >= 0.6 is 0 Å². The molecule has 2 aromatic carbocycles. The lowest BCUT2D eigenvalue weighted by atomic mass is 9.98. The number of aryl methyl sites for hydroxylation is 1. The summed E-state index contributed by atoms with van der Waals surface area (Å²) in [6.07, 6.45) is 1.95. The largest absolute Gasteiger partial charge is 0.478 e. The van der Waals surface area contributed by atoms with E-state index in [9.17, 15) is 18.0 Å². The van der Waals surface area contributed by atoms with Crippen LogP contribution in [0.15, 0.2) is 41.3 Å². The van der Waals surface area contributed by atoms with E-state index in [0.29, 0.717) is 49.4 Å². The van der Waals surface area contributed by atoms with Crippen LogP contribution in [0.2, 0.25) is 0 Å². The summed E-state index contributed by atoms with van der Waals surface area (Å²) in [7, 11) is -3.84. The third-order valence-corrected chi connectivity index (χ3v) is 8.98. The molecule has 0 spiro atoms. The van der Waals surface area contributed by atoms with Crippen LogP contribution in [-0.4, -0.2) is 50.3 Å². The Labute approximate surface area is 199 Å². The normalized spacial score (nSPS) is 22.5. The first-order valence-electron chi connectivity index (χ1n) is 11.8. The number of fused-ring (bicyclic) bond motifs is 2. The van der Waals surface area contributed by atoms with Crippen LogP contribution in [0.1, 0.15) is 37.3 Å². The minimum Gasteiger partial charge on any atom is -0.478 e. The van der Waals surface area contributed by atoms with Gasteiger partial charge in [-0.3, -0.25) is 9.59 Å². The van der Waals surface area contributed by atoms with Gasteiger partial charge in [0.25, 0.3) is 5.91 Å². The Hall–Kier alpha value is -2.91. The number of benzene rings is 2. The first-order valence-corrected chi connectivity index (χ1v) is 13.2. The van der Waals surface area contributed by atoms with Crippen molar-refractivity contribution in [2.75, 3.05) is 29.9 Å². The average molecular weight is 484 g/mol. The maximum atomic E-state index is 13.7. The number of nitrogens with one attached hydrogen (secondary N) is 1. The molecule has 2 aromatic rings. The third-order valence-electron chi connectivity index (χ3n) is 6.97. The molecular weight excluding hydrogens is 454 g/mol. The summed E-state index contributed by atoms with van der Waals surface area (Å²) < 4.78 is 34.5. The lowest BCUT2D eigenvalue weighted by Gasteiger charge is -2.34. The molecule has 3 aliphatic heterocycles. The van der Waals surface area contributed by atoms with Crippen molar-refractivity contribution in [2.45, 2.75) is 50.5 Å². The number of amides is 2. The van der Waals surface area contributed by atoms with E-state index in [4.69, 9.17) is 4.74 Å². The Morgan fingerprint density at radius 2 is 2.00 bits per heavy atom. The van der Waals surface area contributed by atoms with E-state index in [2.05, 4.69) is 5.32 Å². The van der Waals surface area contributed by atoms with Crippen molar-refractivity contribution in [3.05, 3.63) is 47.5 Å². The van der Waals surface area contributed by atoms with Crippen LogP contribution in [0.3, 0.4) is 0 Å². The molecule has 0 aromatic heterocycles. The van der Waals surface area contributed by atoms with E-state index < -0.39 is 16.1 Å². The molecule has 0 bridgehead atoms. The Morgan fingerprint density at radius 3 is 2.79 bits per heavy atom. The summed E-state index contributed by atoms with van der Waals surface area (Å²) in [5, 5.41) is 2.80. The topological polar surface area (TPSA) is 96.0 Å². The van der Waals surface area contributed by atoms with Crippen LogP contribution < -0.4 is 15.0 Å². The lowest BCUT2D eigenvalue weighted by molar-refractivity contribution is -0.124. The Balaban J connectivity index is 1.39. The van der Waals surface area contributed by atoms with Crippen molar-refractivity contribution in [1.82, 2.24) is 4.31 Å². The summed E-state index contributed by atoms with van der Waals surface area (Å²) >= 11 is 0. The minimum absolute atomic E-state index is 0.0103. The summed E-state index contributed by atoms with van der Waals surface area (Å²) in [6, 6.07) is 11.0. The smallest absolute Gasteiger partial charge is 0.265 e. The van der Waals surface area contributed by atoms with Gasteiger partial charge in [0.1, 0.15) is 5.75 Å². The molecular formula is C25H29N3O5S. The molecule has 9 heteroatoms. The number of hydrogen-bond donors (Lipinski definition) is 1. The first kappa shape index (κ1) is 22.9. The average Bonchev–Trinajstić information content (AvgIpc) is 3.27. The molecule has 3 aliphatic rings. The Bertz CT molecular complexity index is 1260. The van der Waals surface area contributed by atoms with E-state index in [0.717, 1.165) is 17.7 Å². The maximum Gasteiger partial charge on any atom is 0.265 e. The Morgan fingerprint density at radius 1 is 1.21 bits per heavy atom. The van der Waals surface area contributed by atoms with Gasteiger partial charge >= 0.3 is 0 Å². The molecule has 8 nitrogen and oxygen atoms in total. The number of anilines is 2. The number of ether oxygens (including phenoxy) is 1. The fraction of sp³-hybridized carbons (Fsp3) is 0.440. The summed E-state index contributed by atoms with van der Waals surface area (Å²) in [5.41, 5.74) is 3.09. The van der Waals surface area contributed by atoms with Gasteiger partial charge in [0.2, 0.25) is 15.9 Å². The van der Waals surface area contributed by atoms with Gasteiger partial charge in [0.15, 0.2) is 6.10 Å². The van der Waals surface area contributed by atoms with E-state index in [-0.39, 0.29) is 29.2 Å². The van der Waals surface area contributed by atoms with Crippen molar-refractivity contribution in [1.29, 1.82) is 0 Å². The van der Waals surface area contributed by atoms with Crippen molar-refractivity contribution in [2.24, 2.45) is 5.92 Å². The number of piperidine rings is 1. The number of nitrogens with zero attached hydrogens (tertiary/aromatic N) is 2. The quantitative estimate of drug-likeness (QED) is 0.721. The third kappa shape index (κ3) is 3.86. The van der Waals surface area contributed by atoms with Crippen LogP contribution in [0.5, 0.6) is 5.75 Å². The molecule has 0 saturated carbocycles. The van der Waals surface area contributed by atoms with Crippen LogP contribution in [-0.2, 0) is 26.0 Å². The molecule has 5 rings (SSSR count). The molecule has 180 valence electrons. The van der Waals surface area contributed by atoms with Gasteiger partial charge in [-0.25, -0.2) is 8.42 Å². The molecule has 2 atom stereocenters. The van der Waals surface area contributed by atoms with Gasteiger partial charge in [-0.05, 0) is 55.9 Å². The van der Waals surface area contributed by atoms with Gasteiger partial charge < -0.3 is 15.0 Å². The zero-order valence-corrected chi connectivity index (χ0v) is 20.2. The van der Waals surface area contributed by atoms with Crippen molar-refractivity contribution in [3.8, 4) is 5.75 Å². The summed E-state index contributed by atoms with van der Waals surface area (Å²) in [4.78, 5) is 27.4. The molecule has 34 heavy (non-hydrogen) atoms. The van der Waals surface area contributed by atoms with Gasteiger partial charge in [-0.15, -0.1) is 0 Å². The SMILES string of the molecule is CC[C@H]1Oc2cc(S(=O)(=O)N3CCC[C@@H](C(=O)N4CCc5ccccc54)C3)c(C)cc2NC1=O. The van der Waals surface area contributed by atoms with Crippen LogP contribution in [0.25, 0.3) is 0 Å². The molecule has 1 fully saturated rings. The summed E-state index contributed by atoms with van der Waals surface area (Å²) in [5.74, 6) is -0.267. The number of sulfonamides is 1. The second kappa shape index (κ2) is 8.70. The first-order chi connectivity index (χ1) is 16.3. The van der Waals surface area contributed by atoms with Crippen molar-refractivity contribution < 1.29 is 22.7 Å². The van der Waals surface area contributed by atoms with E-state index in [1.54, 1.807) is 13.0 Å². The predicted octanol–water partition coefficient (Wildman–Crippen LogP) is 3.09. The Kier molecular flexibility index (Phi) is 5.85. The fourth-order valence-electron chi connectivity index (χ4n) is 5.12. The molecule has 1 saturated heterocycles. The molecule has 3 heterocycles. The zero-order chi connectivity index (χ0) is 24.0. The standard InChI is InChI=1S/C25H29N3O5S/c1-3-21-24(29)26-19-13-16(2)23(14-22(19)33-21)34(31,32)27-11-6-8-18(15-27)25(30)28-12-10-17-7-4-5-9-20(17)28/h4-5,7,9,13-14,18,21H,3,6,8,10-12,15H2,1-2H3,(H,26,29)/t18-,21-/m1/s1. The number of hydrogen-bond acceptors (Lipinski definition) is 5. The maximum absolute atomic E-state index is 13.7. The second-order valence-electron chi connectivity index (χ2n) is 9.19. The zero-order valence-electron chi connectivity index (χ0n) is 19.4.